The molecule has 0 spiro atoms. The molecule has 0 saturated carbocycles. The van der Waals surface area contributed by atoms with Gasteiger partial charge < -0.3 is 5.32 Å². The predicted octanol–water partition coefficient (Wildman–Crippen LogP) is 3.91. The molecule has 1 aliphatic heterocycles. The molecule has 0 aromatic carbocycles. The summed E-state index contributed by atoms with van der Waals surface area (Å²) < 4.78 is 0. The normalized spacial score (nSPS) is 29.2. The highest BCUT2D eigenvalue weighted by Gasteiger charge is 2.32. The molecular formula is C17H36N2. The second kappa shape index (κ2) is 6.58. The Bertz CT molecular complexity index is 269. The molecule has 2 heteroatoms. The van der Waals surface area contributed by atoms with E-state index in [1.807, 2.05) is 0 Å². The van der Waals surface area contributed by atoms with Crippen molar-refractivity contribution in [2.45, 2.75) is 79.3 Å². The fourth-order valence-corrected chi connectivity index (χ4v) is 2.91. The first-order chi connectivity index (χ1) is 8.67. The Labute approximate surface area is 121 Å². The van der Waals surface area contributed by atoms with Crippen molar-refractivity contribution in [3.05, 3.63) is 0 Å². The summed E-state index contributed by atoms with van der Waals surface area (Å²) in [5, 5.41) is 3.70. The molecular weight excluding hydrogens is 232 g/mol. The fraction of sp³-hybridized carbons (Fsp3) is 1.00. The predicted molar refractivity (Wildman–Crippen MR) is 85.6 cm³/mol. The quantitative estimate of drug-likeness (QED) is 0.813. The van der Waals surface area contributed by atoms with E-state index in [0.717, 1.165) is 18.5 Å². The van der Waals surface area contributed by atoms with Crippen LogP contribution < -0.4 is 5.32 Å². The standard InChI is InChI=1S/C17H36N2/c1-8-17(7,12-18-16(4,5)6)13-19-11-9-10-14(2)15(19)3/h14-15,18H,8-13H2,1-7H3. The molecule has 0 aliphatic carbocycles. The number of likely N-dealkylation sites (tertiary alicyclic amines) is 1. The highest BCUT2D eigenvalue weighted by atomic mass is 15.2. The van der Waals surface area contributed by atoms with E-state index in [1.165, 1.54) is 32.4 Å². The molecule has 1 rings (SSSR count). The molecule has 0 aromatic rings. The summed E-state index contributed by atoms with van der Waals surface area (Å²) in [6.45, 7) is 20.0. The van der Waals surface area contributed by atoms with Gasteiger partial charge in [0.25, 0.3) is 0 Å². The Kier molecular flexibility index (Phi) is 5.88. The Hall–Kier alpha value is -0.0800. The molecule has 0 bridgehead atoms. The molecule has 1 saturated heterocycles. The van der Waals surface area contributed by atoms with E-state index in [4.69, 9.17) is 0 Å². The summed E-state index contributed by atoms with van der Waals surface area (Å²) in [6.07, 6.45) is 4.02. The lowest BCUT2D eigenvalue weighted by Gasteiger charge is -2.44. The maximum atomic E-state index is 3.70. The van der Waals surface area contributed by atoms with Crippen LogP contribution in [0.2, 0.25) is 0 Å². The molecule has 0 radical (unpaired) electrons. The fourth-order valence-electron chi connectivity index (χ4n) is 2.91. The summed E-state index contributed by atoms with van der Waals surface area (Å²) in [6, 6.07) is 0.745. The number of hydrogen-bond acceptors (Lipinski definition) is 2. The van der Waals surface area contributed by atoms with Gasteiger partial charge in [0.05, 0.1) is 0 Å². The molecule has 3 unspecified atom stereocenters. The topological polar surface area (TPSA) is 15.3 Å². The lowest BCUT2D eigenvalue weighted by molar-refractivity contribution is 0.0610. The summed E-state index contributed by atoms with van der Waals surface area (Å²) in [5.74, 6) is 0.852. The van der Waals surface area contributed by atoms with Crippen LogP contribution in [0, 0.1) is 11.3 Å². The monoisotopic (exact) mass is 268 g/mol. The van der Waals surface area contributed by atoms with Crippen molar-refractivity contribution in [3.63, 3.8) is 0 Å². The van der Waals surface area contributed by atoms with E-state index in [1.54, 1.807) is 0 Å². The molecule has 19 heavy (non-hydrogen) atoms. The van der Waals surface area contributed by atoms with Crippen LogP contribution in [-0.4, -0.2) is 36.1 Å². The van der Waals surface area contributed by atoms with Crippen LogP contribution >= 0.6 is 0 Å². The maximum Gasteiger partial charge on any atom is 0.00967 e. The van der Waals surface area contributed by atoms with E-state index in [2.05, 4.69) is 58.7 Å². The average molecular weight is 268 g/mol. The van der Waals surface area contributed by atoms with E-state index in [0.29, 0.717) is 5.41 Å². The van der Waals surface area contributed by atoms with E-state index in [9.17, 15) is 0 Å². The third-order valence-electron chi connectivity index (χ3n) is 4.99. The van der Waals surface area contributed by atoms with Crippen LogP contribution in [0.1, 0.15) is 67.7 Å². The molecule has 114 valence electrons. The third kappa shape index (κ3) is 5.43. The van der Waals surface area contributed by atoms with Crippen molar-refractivity contribution >= 4 is 0 Å². The lowest BCUT2D eigenvalue weighted by Crippen LogP contribution is -2.51. The highest BCUT2D eigenvalue weighted by Crippen LogP contribution is 2.29. The van der Waals surface area contributed by atoms with Crippen LogP contribution in [0.5, 0.6) is 0 Å². The maximum absolute atomic E-state index is 3.70. The third-order valence-corrected chi connectivity index (χ3v) is 4.99. The first kappa shape index (κ1) is 17.0. The molecule has 1 N–H and O–H groups in total. The van der Waals surface area contributed by atoms with Crippen molar-refractivity contribution in [1.29, 1.82) is 0 Å². The number of nitrogens with zero attached hydrogens (tertiary/aromatic N) is 1. The molecule has 1 fully saturated rings. The van der Waals surface area contributed by atoms with E-state index >= 15 is 0 Å². The van der Waals surface area contributed by atoms with Gasteiger partial charge in [-0.25, -0.2) is 0 Å². The van der Waals surface area contributed by atoms with E-state index in [-0.39, 0.29) is 5.54 Å². The summed E-state index contributed by atoms with van der Waals surface area (Å²) in [4.78, 5) is 2.72. The van der Waals surface area contributed by atoms with Gasteiger partial charge in [-0.15, -0.1) is 0 Å². The van der Waals surface area contributed by atoms with Gasteiger partial charge in [-0.1, -0.05) is 20.8 Å². The molecule has 0 amide bonds. The lowest BCUT2D eigenvalue weighted by atomic mass is 9.83. The molecule has 3 atom stereocenters. The van der Waals surface area contributed by atoms with Gasteiger partial charge in [0.2, 0.25) is 0 Å². The van der Waals surface area contributed by atoms with Gasteiger partial charge in [-0.05, 0) is 64.8 Å². The van der Waals surface area contributed by atoms with Crippen LogP contribution in [0.4, 0.5) is 0 Å². The Morgan fingerprint density at radius 1 is 1.16 bits per heavy atom. The SMILES string of the molecule is CCC(C)(CNC(C)(C)C)CN1CCCC(C)C1C. The minimum atomic E-state index is 0.219. The number of rotatable bonds is 5. The second-order valence-corrected chi connectivity index (χ2v) is 8.10. The summed E-state index contributed by atoms with van der Waals surface area (Å²) in [5.41, 5.74) is 0.607. The number of piperidine rings is 1. The summed E-state index contributed by atoms with van der Waals surface area (Å²) in [7, 11) is 0. The number of hydrogen-bond donors (Lipinski definition) is 1. The number of nitrogens with one attached hydrogen (secondary N) is 1. The zero-order valence-electron chi connectivity index (χ0n) is 14.3. The van der Waals surface area contributed by atoms with Crippen LogP contribution in [0.3, 0.4) is 0 Å². The van der Waals surface area contributed by atoms with Crippen molar-refractivity contribution < 1.29 is 0 Å². The molecule has 1 aliphatic rings. The summed E-state index contributed by atoms with van der Waals surface area (Å²) >= 11 is 0. The van der Waals surface area contributed by atoms with Crippen molar-refractivity contribution in [3.8, 4) is 0 Å². The minimum absolute atomic E-state index is 0.219. The van der Waals surface area contributed by atoms with Crippen molar-refractivity contribution in [1.82, 2.24) is 10.2 Å². The second-order valence-electron chi connectivity index (χ2n) is 8.10. The van der Waals surface area contributed by atoms with E-state index < -0.39 is 0 Å². The van der Waals surface area contributed by atoms with Gasteiger partial charge in [0, 0.05) is 24.7 Å². The largest absolute Gasteiger partial charge is 0.311 e. The van der Waals surface area contributed by atoms with Gasteiger partial charge in [-0.2, -0.15) is 0 Å². The Morgan fingerprint density at radius 3 is 2.32 bits per heavy atom. The van der Waals surface area contributed by atoms with Crippen LogP contribution in [0.15, 0.2) is 0 Å². The van der Waals surface area contributed by atoms with Gasteiger partial charge in [0.15, 0.2) is 0 Å². The Morgan fingerprint density at radius 2 is 1.79 bits per heavy atom. The molecule has 2 nitrogen and oxygen atoms in total. The van der Waals surface area contributed by atoms with Crippen LogP contribution in [0.25, 0.3) is 0 Å². The van der Waals surface area contributed by atoms with Crippen molar-refractivity contribution in [2.24, 2.45) is 11.3 Å². The van der Waals surface area contributed by atoms with Crippen LogP contribution in [-0.2, 0) is 0 Å². The van der Waals surface area contributed by atoms with Gasteiger partial charge in [-0.3, -0.25) is 4.90 Å². The minimum Gasteiger partial charge on any atom is -0.311 e. The Balaban J connectivity index is 2.59. The molecule has 0 aromatic heterocycles. The smallest absolute Gasteiger partial charge is 0.00967 e. The first-order valence-corrected chi connectivity index (χ1v) is 8.16. The van der Waals surface area contributed by atoms with Crippen molar-refractivity contribution in [2.75, 3.05) is 19.6 Å². The zero-order valence-corrected chi connectivity index (χ0v) is 14.3. The van der Waals surface area contributed by atoms with Gasteiger partial charge >= 0.3 is 0 Å². The van der Waals surface area contributed by atoms with Gasteiger partial charge in [0.1, 0.15) is 0 Å². The zero-order chi connectivity index (χ0) is 14.7. The average Bonchev–Trinajstić information content (AvgIpc) is 2.32. The highest BCUT2D eigenvalue weighted by molar-refractivity contribution is 4.87. The first-order valence-electron chi connectivity index (χ1n) is 8.16. The molecule has 1 heterocycles.